The van der Waals surface area contributed by atoms with Crippen LogP contribution < -0.4 is 10.6 Å². The third-order valence-electron chi connectivity index (χ3n) is 7.04. The number of nitrogens with one attached hydrogen (secondary N) is 2. The maximum absolute atomic E-state index is 14.3. The minimum Gasteiger partial charge on any atom is -0.446 e. The Labute approximate surface area is 186 Å². The third kappa shape index (κ3) is 5.64. The minimum absolute atomic E-state index is 0.145. The van der Waals surface area contributed by atoms with Gasteiger partial charge in [0.2, 0.25) is 0 Å². The molecule has 2 aliphatic rings. The Balaban J connectivity index is 1.66. The van der Waals surface area contributed by atoms with Gasteiger partial charge in [0, 0.05) is 6.20 Å². The van der Waals surface area contributed by atoms with E-state index in [-0.39, 0.29) is 18.0 Å². The second kappa shape index (κ2) is 9.43. The van der Waals surface area contributed by atoms with E-state index in [1.165, 1.54) is 0 Å². The van der Waals surface area contributed by atoms with Crippen molar-refractivity contribution in [3.8, 4) is 0 Å². The molecule has 5 atom stereocenters. The molecule has 2 fully saturated rings. The van der Waals surface area contributed by atoms with Gasteiger partial charge in [-0.1, -0.05) is 27.2 Å². The summed E-state index contributed by atoms with van der Waals surface area (Å²) in [5, 5.41) is 5.85. The predicted molar refractivity (Wildman–Crippen MR) is 114 cm³/mol. The number of rotatable bonds is 5. The molecule has 0 spiro atoms. The first kappa shape index (κ1) is 24.6. The van der Waals surface area contributed by atoms with Crippen LogP contribution >= 0.6 is 0 Å². The molecule has 0 bridgehead atoms. The number of pyridine rings is 1. The van der Waals surface area contributed by atoms with Gasteiger partial charge >= 0.3 is 12.3 Å². The van der Waals surface area contributed by atoms with E-state index in [1.807, 2.05) is 6.92 Å². The summed E-state index contributed by atoms with van der Waals surface area (Å²) in [4.78, 5) is 16.4. The average molecular weight is 460 g/mol. The van der Waals surface area contributed by atoms with Crippen LogP contribution in [0.3, 0.4) is 0 Å². The second-order valence-electron chi connectivity index (χ2n) is 9.95. The second-order valence-corrected chi connectivity index (χ2v) is 9.95. The van der Waals surface area contributed by atoms with Crippen molar-refractivity contribution in [1.29, 1.82) is 0 Å². The summed E-state index contributed by atoms with van der Waals surface area (Å²) in [7, 11) is 0. The predicted octanol–water partition coefficient (Wildman–Crippen LogP) is 6.15. The van der Waals surface area contributed by atoms with Crippen molar-refractivity contribution in [2.24, 2.45) is 17.8 Å². The number of halogens is 4. The summed E-state index contributed by atoms with van der Waals surface area (Å²) < 4.78 is 58.5. The lowest BCUT2D eigenvalue weighted by Crippen LogP contribution is -2.53. The summed E-state index contributed by atoms with van der Waals surface area (Å²) >= 11 is 0. The van der Waals surface area contributed by atoms with Crippen LogP contribution in [0.1, 0.15) is 71.8 Å². The molecule has 5 nitrogen and oxygen atoms in total. The molecule has 9 heteroatoms. The smallest absolute Gasteiger partial charge is 0.417 e. The molecular weight excluding hydrogens is 426 g/mol. The lowest BCUT2D eigenvalue weighted by molar-refractivity contribution is -0.138. The average Bonchev–Trinajstić information content (AvgIpc) is 3.02. The Morgan fingerprint density at radius 2 is 2.00 bits per heavy atom. The van der Waals surface area contributed by atoms with Crippen LogP contribution in [0.4, 0.5) is 28.2 Å². The number of anilines is 1. The molecule has 0 radical (unpaired) electrons. The Morgan fingerprint density at radius 3 is 2.62 bits per heavy atom. The highest BCUT2D eigenvalue weighted by Crippen LogP contribution is 2.37. The Morgan fingerprint density at radius 1 is 1.28 bits per heavy atom. The van der Waals surface area contributed by atoms with E-state index in [4.69, 9.17) is 4.74 Å². The Hall–Kier alpha value is -2.06. The fraction of sp³-hybridized carbons (Fsp3) is 0.739. The molecule has 1 amide bonds. The van der Waals surface area contributed by atoms with Crippen LogP contribution in [0.25, 0.3) is 0 Å². The molecule has 0 aromatic carbocycles. The first-order chi connectivity index (χ1) is 14.9. The summed E-state index contributed by atoms with van der Waals surface area (Å²) in [5.41, 5.74) is -1.90. The summed E-state index contributed by atoms with van der Waals surface area (Å²) in [6.07, 6.45) is 0.301. The normalized spacial score (nSPS) is 30.9. The van der Waals surface area contributed by atoms with Gasteiger partial charge < -0.3 is 15.4 Å². The minimum atomic E-state index is -4.66. The molecule has 1 aromatic heterocycles. The molecule has 1 heterocycles. The van der Waals surface area contributed by atoms with Gasteiger partial charge in [0.25, 0.3) is 0 Å². The fourth-order valence-corrected chi connectivity index (χ4v) is 5.07. The number of aromatic nitrogens is 1. The maximum Gasteiger partial charge on any atom is 0.417 e. The van der Waals surface area contributed by atoms with Gasteiger partial charge in [-0.05, 0) is 62.8 Å². The van der Waals surface area contributed by atoms with Crippen molar-refractivity contribution in [2.45, 2.75) is 90.1 Å². The van der Waals surface area contributed by atoms with Crippen LogP contribution in [0.5, 0.6) is 0 Å². The van der Waals surface area contributed by atoms with E-state index in [9.17, 15) is 22.4 Å². The first-order valence-electron chi connectivity index (χ1n) is 11.4. The molecule has 2 saturated carbocycles. The topological polar surface area (TPSA) is 63.2 Å². The molecule has 2 aliphatic carbocycles. The quantitative estimate of drug-likeness (QED) is 0.519. The van der Waals surface area contributed by atoms with Gasteiger partial charge in [-0.25, -0.2) is 14.2 Å². The van der Waals surface area contributed by atoms with Gasteiger partial charge in [0.15, 0.2) is 11.6 Å². The first-order valence-corrected chi connectivity index (χ1v) is 11.4. The number of hydrogen-bond acceptors (Lipinski definition) is 4. The molecular formula is C23H33F4N3O2. The highest BCUT2D eigenvalue weighted by Gasteiger charge is 2.42. The number of hydrogen-bond donors (Lipinski definition) is 2. The van der Waals surface area contributed by atoms with Gasteiger partial charge in [-0.15, -0.1) is 0 Å². The van der Waals surface area contributed by atoms with Gasteiger partial charge in [0.05, 0.1) is 17.1 Å². The van der Waals surface area contributed by atoms with E-state index in [1.54, 1.807) is 0 Å². The van der Waals surface area contributed by atoms with Crippen molar-refractivity contribution in [3.05, 3.63) is 23.6 Å². The van der Waals surface area contributed by atoms with E-state index < -0.39 is 29.2 Å². The van der Waals surface area contributed by atoms with E-state index in [0.29, 0.717) is 42.9 Å². The summed E-state index contributed by atoms with van der Waals surface area (Å²) in [6, 6.07) is 0.0673. The number of nitrogens with zero attached hydrogens (tertiary/aromatic N) is 1. The van der Waals surface area contributed by atoms with Gasteiger partial charge in [0.1, 0.15) is 6.10 Å². The van der Waals surface area contributed by atoms with E-state index in [0.717, 1.165) is 25.7 Å². The monoisotopic (exact) mass is 459 g/mol. The maximum atomic E-state index is 14.3. The largest absolute Gasteiger partial charge is 0.446 e. The number of ether oxygens (including phenoxy) is 1. The summed E-state index contributed by atoms with van der Waals surface area (Å²) in [5.74, 6) is -0.119. The zero-order valence-electron chi connectivity index (χ0n) is 19.1. The van der Waals surface area contributed by atoms with Crippen molar-refractivity contribution < 1.29 is 27.1 Å². The lowest BCUT2D eigenvalue weighted by Gasteiger charge is -2.38. The Bertz CT molecular complexity index is 817. The van der Waals surface area contributed by atoms with Crippen LogP contribution in [0.15, 0.2) is 12.3 Å². The number of alkyl halides is 3. The molecule has 0 aliphatic heterocycles. The van der Waals surface area contributed by atoms with Gasteiger partial charge in [-0.3, -0.25) is 0 Å². The highest BCUT2D eigenvalue weighted by atomic mass is 19.4. The zero-order valence-corrected chi connectivity index (χ0v) is 19.1. The molecule has 2 N–H and O–H groups in total. The molecule has 32 heavy (non-hydrogen) atoms. The lowest BCUT2D eigenvalue weighted by atomic mass is 9.75. The van der Waals surface area contributed by atoms with Crippen LogP contribution in [0.2, 0.25) is 0 Å². The van der Waals surface area contributed by atoms with E-state index >= 15 is 0 Å². The van der Waals surface area contributed by atoms with Crippen molar-refractivity contribution in [2.75, 3.05) is 5.32 Å². The van der Waals surface area contributed by atoms with Crippen molar-refractivity contribution in [3.63, 3.8) is 0 Å². The zero-order chi connectivity index (χ0) is 23.7. The number of carbonyl (C=O) groups excluding carboxylic acids is 1. The van der Waals surface area contributed by atoms with Crippen LogP contribution in [-0.2, 0) is 10.9 Å². The molecule has 0 saturated heterocycles. The van der Waals surface area contributed by atoms with E-state index in [2.05, 4.69) is 36.4 Å². The highest BCUT2D eigenvalue weighted by molar-refractivity contribution is 5.68. The van der Waals surface area contributed by atoms with Gasteiger partial charge in [-0.2, -0.15) is 13.2 Å². The standard InChI is InChI=1S/C23H33F4N3O2/c1-13(2)16-8-7-14(3)10-18(16)32-21(31)29-19-6-5-9-22(19,4)30-20-17(24)11-15(12-28-20)23(25,26)27/h11-14,16,18-19H,5-10H2,1-4H3,(H,28,30)(H,29,31)/t14-,16?,18?,19-,22+/m1/s1. The number of carbonyl (C=O) groups is 1. The Kier molecular flexibility index (Phi) is 7.25. The van der Waals surface area contributed by atoms with Crippen LogP contribution in [-0.4, -0.2) is 28.8 Å². The third-order valence-corrected chi connectivity index (χ3v) is 7.04. The summed E-state index contributed by atoms with van der Waals surface area (Å²) in [6.45, 7) is 8.24. The van der Waals surface area contributed by atoms with Crippen molar-refractivity contribution in [1.82, 2.24) is 10.3 Å². The SMILES string of the molecule is CC(C)C1CC[C@@H](C)CC1OC(=O)N[C@@H]1CCC[C@]1(C)Nc1ncc(C(F)(F)F)cc1F. The molecule has 1 aromatic rings. The molecule has 3 rings (SSSR count). The molecule has 180 valence electrons. The van der Waals surface area contributed by atoms with Crippen molar-refractivity contribution >= 4 is 11.9 Å². The molecule has 2 unspecified atom stereocenters. The number of alkyl carbamates (subject to hydrolysis) is 1. The fourth-order valence-electron chi connectivity index (χ4n) is 5.07. The number of amides is 1. The van der Waals surface area contributed by atoms with Crippen LogP contribution in [0, 0.1) is 23.6 Å².